The highest BCUT2D eigenvalue weighted by atomic mass is 31.2. The summed E-state index contributed by atoms with van der Waals surface area (Å²) in [6.45, 7) is 4.21. The van der Waals surface area contributed by atoms with Crippen molar-refractivity contribution in [3.8, 4) is 0 Å². The number of allylic oxidation sites excluding steroid dienone is 10. The van der Waals surface area contributed by atoms with Crippen LogP contribution < -0.4 is 10.2 Å². The summed E-state index contributed by atoms with van der Waals surface area (Å²) in [4.78, 5) is 25.1. The highest BCUT2D eigenvalue weighted by Crippen LogP contribution is 2.38. The third kappa shape index (κ3) is 34.7. The van der Waals surface area contributed by atoms with Gasteiger partial charge >= 0.3 is 0 Å². The number of amides is 1. The first kappa shape index (κ1) is 48.9. The summed E-state index contributed by atoms with van der Waals surface area (Å²) in [6, 6.07) is -0.927. The Morgan fingerprint density at radius 1 is 0.745 bits per heavy atom. The predicted molar refractivity (Wildman–Crippen MR) is 211 cm³/mol. The van der Waals surface area contributed by atoms with Crippen LogP contribution in [0.4, 0.5) is 0 Å². The van der Waals surface area contributed by atoms with Crippen LogP contribution in [-0.2, 0) is 18.4 Å². The van der Waals surface area contributed by atoms with Crippen molar-refractivity contribution in [2.24, 2.45) is 0 Å². The molecule has 10 heteroatoms. The molecule has 4 atom stereocenters. The molecule has 1 amide bonds. The van der Waals surface area contributed by atoms with Crippen molar-refractivity contribution in [1.82, 2.24) is 5.32 Å². The Labute approximate surface area is 311 Å². The lowest BCUT2D eigenvalue weighted by Gasteiger charge is -2.29. The molecule has 0 spiro atoms. The zero-order chi connectivity index (χ0) is 38.1. The van der Waals surface area contributed by atoms with Gasteiger partial charge in [-0.3, -0.25) is 9.36 Å². The van der Waals surface area contributed by atoms with Crippen molar-refractivity contribution in [3.63, 3.8) is 0 Å². The first-order valence-electron chi connectivity index (χ1n) is 19.4. The predicted octanol–water partition coefficient (Wildman–Crippen LogP) is 8.41. The number of aliphatic hydroxyl groups excluding tert-OH is 2. The molecule has 0 aliphatic heterocycles. The molecule has 0 aliphatic rings. The molecule has 1 unspecified atom stereocenters. The van der Waals surface area contributed by atoms with Gasteiger partial charge in [-0.15, -0.1) is 0 Å². The van der Waals surface area contributed by atoms with Gasteiger partial charge in [0, 0.05) is 6.42 Å². The van der Waals surface area contributed by atoms with Crippen molar-refractivity contribution in [1.29, 1.82) is 0 Å². The largest absolute Gasteiger partial charge is 0.756 e. The number of carbonyl (C=O) groups excluding carboxylic acids is 1. The number of nitrogens with one attached hydrogen (secondary N) is 1. The molecule has 294 valence electrons. The van der Waals surface area contributed by atoms with E-state index in [1.807, 2.05) is 58.4 Å². The van der Waals surface area contributed by atoms with Crippen LogP contribution in [0.3, 0.4) is 0 Å². The molecular weight excluding hydrogens is 663 g/mol. The number of phosphoric ester groups is 1. The van der Waals surface area contributed by atoms with Crippen molar-refractivity contribution in [2.75, 3.05) is 40.9 Å². The van der Waals surface area contributed by atoms with E-state index in [1.54, 1.807) is 12.2 Å². The van der Waals surface area contributed by atoms with Crippen molar-refractivity contribution in [2.45, 2.75) is 141 Å². The Morgan fingerprint density at radius 3 is 1.92 bits per heavy atom. The van der Waals surface area contributed by atoms with E-state index in [2.05, 4.69) is 42.6 Å². The topological polar surface area (TPSA) is 128 Å². The average molecular weight is 737 g/mol. The summed E-state index contributed by atoms with van der Waals surface area (Å²) in [5.41, 5.74) is 0. The van der Waals surface area contributed by atoms with Crippen LogP contribution in [0.15, 0.2) is 72.9 Å². The number of likely N-dealkylation sites (N-methyl/N-ethyl adjacent to an activating group) is 1. The molecule has 3 N–H and O–H groups in total. The molecule has 0 saturated heterocycles. The molecule has 0 aliphatic carbocycles. The van der Waals surface area contributed by atoms with Gasteiger partial charge in [0.1, 0.15) is 13.2 Å². The molecule has 0 fully saturated rings. The summed E-state index contributed by atoms with van der Waals surface area (Å²) >= 11 is 0. The number of quaternary nitrogens is 1. The minimum absolute atomic E-state index is 0.0221. The summed E-state index contributed by atoms with van der Waals surface area (Å²) in [5, 5.41) is 23.1. The number of phosphoric acid groups is 1. The Morgan fingerprint density at radius 2 is 1.31 bits per heavy atom. The number of hydrogen-bond acceptors (Lipinski definition) is 7. The maximum atomic E-state index is 12.8. The molecule has 0 aromatic rings. The van der Waals surface area contributed by atoms with E-state index >= 15 is 0 Å². The van der Waals surface area contributed by atoms with E-state index in [0.29, 0.717) is 17.4 Å². The van der Waals surface area contributed by atoms with Gasteiger partial charge in [0.15, 0.2) is 0 Å². The number of aliphatic hydroxyl groups is 2. The van der Waals surface area contributed by atoms with E-state index < -0.39 is 26.6 Å². The van der Waals surface area contributed by atoms with E-state index in [0.717, 1.165) is 51.4 Å². The fourth-order valence-electron chi connectivity index (χ4n) is 4.78. The van der Waals surface area contributed by atoms with Gasteiger partial charge < -0.3 is 34.0 Å². The Hall–Kier alpha value is -2.10. The second-order valence-corrected chi connectivity index (χ2v) is 15.5. The molecule has 0 aromatic heterocycles. The van der Waals surface area contributed by atoms with E-state index in [1.165, 1.54) is 44.9 Å². The number of hydrogen-bond donors (Lipinski definition) is 3. The monoisotopic (exact) mass is 737 g/mol. The minimum atomic E-state index is -4.61. The molecule has 51 heavy (non-hydrogen) atoms. The van der Waals surface area contributed by atoms with Crippen molar-refractivity contribution >= 4 is 13.7 Å². The van der Waals surface area contributed by atoms with E-state index in [4.69, 9.17) is 9.05 Å². The SMILES string of the molecule is CCCCCCCCCCC/C=C/[C@@H](O)[C@H](COP(=O)([O-])OCC[N+](C)(C)C)NC(=O)CCC/C=C\C/C=C\C/C=C\C/C=C\C=C\[C@H](O)CC. The van der Waals surface area contributed by atoms with Gasteiger partial charge in [0.25, 0.3) is 7.82 Å². The second kappa shape index (κ2) is 32.5. The third-order valence-corrected chi connectivity index (χ3v) is 9.04. The van der Waals surface area contributed by atoms with Crippen LogP contribution in [0.5, 0.6) is 0 Å². The zero-order valence-corrected chi connectivity index (χ0v) is 33.5. The maximum absolute atomic E-state index is 12.8. The number of nitrogens with zero attached hydrogens (tertiary/aromatic N) is 1. The normalized spacial score (nSPS) is 16.0. The van der Waals surface area contributed by atoms with Gasteiger partial charge in [-0.05, 0) is 51.4 Å². The highest BCUT2D eigenvalue weighted by Gasteiger charge is 2.23. The fourth-order valence-corrected chi connectivity index (χ4v) is 5.51. The molecular formula is C41H73N2O7P. The van der Waals surface area contributed by atoms with Crippen LogP contribution in [0, 0.1) is 0 Å². The first-order chi connectivity index (χ1) is 24.4. The Kier molecular flexibility index (Phi) is 31.2. The summed E-state index contributed by atoms with van der Waals surface area (Å²) in [7, 11) is 1.18. The maximum Gasteiger partial charge on any atom is 0.268 e. The van der Waals surface area contributed by atoms with Crippen LogP contribution in [0.1, 0.15) is 123 Å². The Balaban J connectivity index is 4.65. The fraction of sp³-hybridized carbons (Fsp3) is 0.683. The van der Waals surface area contributed by atoms with Gasteiger partial charge in [0.05, 0.1) is 46.0 Å². The van der Waals surface area contributed by atoms with Gasteiger partial charge in [-0.2, -0.15) is 0 Å². The van der Waals surface area contributed by atoms with Crippen LogP contribution in [0.2, 0.25) is 0 Å². The van der Waals surface area contributed by atoms with Crippen LogP contribution >= 0.6 is 7.82 Å². The molecule has 0 rings (SSSR count). The molecule has 0 heterocycles. The lowest BCUT2D eigenvalue weighted by Crippen LogP contribution is -2.45. The van der Waals surface area contributed by atoms with Crippen LogP contribution in [0.25, 0.3) is 0 Å². The molecule has 0 bridgehead atoms. The van der Waals surface area contributed by atoms with Crippen molar-refractivity contribution < 1.29 is 38.0 Å². The molecule has 0 saturated carbocycles. The summed E-state index contributed by atoms with van der Waals surface area (Å²) < 4.78 is 23.0. The number of carbonyl (C=O) groups is 1. The number of rotatable bonds is 33. The quantitative estimate of drug-likeness (QED) is 0.0203. The molecule has 0 aromatic carbocycles. The summed E-state index contributed by atoms with van der Waals surface area (Å²) in [5.74, 6) is -0.272. The standard InChI is InChI=1S/C41H73N2O7P/c1-6-8-9-10-11-12-17-21-24-27-30-33-40(45)39(37-50-51(47,48)49-36-35-43(3,4)5)42-41(46)34-31-28-25-22-19-16-14-13-15-18-20-23-26-29-32-38(44)7-2/h14-16,18,22-23,25-26,29-30,32-33,38-40,44-45H,6-13,17,19-21,24,27-28,31,34-37H2,1-5H3,(H-,42,46,47,48)/b16-14-,18-15-,25-22-,26-23-,32-29+,33-30+/t38-,39+,40-/m1/s1. The number of unbranched alkanes of at least 4 members (excludes halogenated alkanes) is 10. The van der Waals surface area contributed by atoms with E-state index in [-0.39, 0.29) is 25.0 Å². The minimum Gasteiger partial charge on any atom is -0.756 e. The van der Waals surface area contributed by atoms with Gasteiger partial charge in [-0.1, -0.05) is 138 Å². The lowest BCUT2D eigenvalue weighted by atomic mass is 10.1. The third-order valence-electron chi connectivity index (χ3n) is 8.08. The zero-order valence-electron chi connectivity index (χ0n) is 32.6. The van der Waals surface area contributed by atoms with Crippen molar-refractivity contribution in [3.05, 3.63) is 72.9 Å². The average Bonchev–Trinajstić information content (AvgIpc) is 3.07. The lowest BCUT2D eigenvalue weighted by molar-refractivity contribution is -0.870. The second-order valence-electron chi connectivity index (χ2n) is 14.1. The highest BCUT2D eigenvalue weighted by molar-refractivity contribution is 7.45. The van der Waals surface area contributed by atoms with Gasteiger partial charge in [-0.25, -0.2) is 0 Å². The van der Waals surface area contributed by atoms with Crippen LogP contribution in [-0.4, -0.2) is 79.8 Å². The smallest absolute Gasteiger partial charge is 0.268 e. The Bertz CT molecular complexity index is 1080. The molecule has 9 nitrogen and oxygen atoms in total. The summed E-state index contributed by atoms with van der Waals surface area (Å²) in [6.07, 6.45) is 39.0. The van der Waals surface area contributed by atoms with Gasteiger partial charge in [0.2, 0.25) is 5.91 Å². The molecule has 0 radical (unpaired) electrons. The first-order valence-corrected chi connectivity index (χ1v) is 20.9. The van der Waals surface area contributed by atoms with E-state index in [9.17, 15) is 24.5 Å².